The SMILES string of the molecule is Cc1cc2oc(=O)cc(CN3CCC(NC(=O)c4ccc(F)cc4)CC3)c2cc1C(C)C. The predicted octanol–water partition coefficient (Wildman–Crippen LogP) is 4.76. The number of nitrogens with zero attached hydrogens (tertiary/aromatic N) is 1. The molecule has 2 heterocycles. The molecule has 0 atom stereocenters. The molecule has 1 aliphatic heterocycles. The van der Waals surface area contributed by atoms with Crippen LogP contribution in [-0.4, -0.2) is 29.9 Å². The minimum absolute atomic E-state index is 0.0802. The van der Waals surface area contributed by atoms with Gasteiger partial charge in [-0.2, -0.15) is 0 Å². The van der Waals surface area contributed by atoms with E-state index in [9.17, 15) is 14.0 Å². The van der Waals surface area contributed by atoms with Crippen molar-refractivity contribution in [2.75, 3.05) is 13.1 Å². The zero-order valence-electron chi connectivity index (χ0n) is 18.8. The third kappa shape index (κ3) is 4.91. The number of likely N-dealkylation sites (tertiary alicyclic amines) is 1. The Bertz CT molecular complexity index is 1180. The number of piperidine rings is 1. The van der Waals surface area contributed by atoms with E-state index < -0.39 is 0 Å². The summed E-state index contributed by atoms with van der Waals surface area (Å²) < 4.78 is 18.5. The molecule has 3 aromatic rings. The Hall–Kier alpha value is -2.99. The van der Waals surface area contributed by atoms with Crippen LogP contribution in [0.1, 0.15) is 59.7 Å². The molecule has 1 saturated heterocycles. The summed E-state index contributed by atoms with van der Waals surface area (Å²) in [5, 5.41) is 4.04. The summed E-state index contributed by atoms with van der Waals surface area (Å²) in [4.78, 5) is 26.9. The van der Waals surface area contributed by atoms with Gasteiger partial charge in [0.05, 0.1) is 0 Å². The topological polar surface area (TPSA) is 62.6 Å². The number of rotatable bonds is 5. The first-order valence-corrected chi connectivity index (χ1v) is 11.2. The maximum atomic E-state index is 13.1. The van der Waals surface area contributed by atoms with Crippen molar-refractivity contribution in [3.05, 3.63) is 81.0 Å². The van der Waals surface area contributed by atoms with Crippen molar-refractivity contribution >= 4 is 16.9 Å². The van der Waals surface area contributed by atoms with Gasteiger partial charge in [0.2, 0.25) is 0 Å². The fraction of sp³-hybridized carbons (Fsp3) is 0.385. The van der Waals surface area contributed by atoms with Gasteiger partial charge in [0, 0.05) is 42.7 Å². The van der Waals surface area contributed by atoms with E-state index >= 15 is 0 Å². The molecule has 0 radical (unpaired) electrons. The molecular weight excluding hydrogens is 407 g/mol. The number of amides is 1. The number of hydrogen-bond donors (Lipinski definition) is 1. The van der Waals surface area contributed by atoms with Crippen LogP contribution in [0.2, 0.25) is 0 Å². The van der Waals surface area contributed by atoms with E-state index in [1.165, 1.54) is 29.8 Å². The lowest BCUT2D eigenvalue weighted by Crippen LogP contribution is -2.44. The van der Waals surface area contributed by atoms with Crippen molar-refractivity contribution in [1.29, 1.82) is 0 Å². The van der Waals surface area contributed by atoms with Crippen molar-refractivity contribution in [3.63, 3.8) is 0 Å². The maximum Gasteiger partial charge on any atom is 0.336 e. The molecule has 32 heavy (non-hydrogen) atoms. The van der Waals surface area contributed by atoms with Gasteiger partial charge in [-0.1, -0.05) is 13.8 Å². The molecule has 6 heteroatoms. The molecule has 1 fully saturated rings. The summed E-state index contributed by atoms with van der Waals surface area (Å²) in [6.45, 7) is 8.68. The van der Waals surface area contributed by atoms with E-state index in [-0.39, 0.29) is 23.4 Å². The van der Waals surface area contributed by atoms with Crippen molar-refractivity contribution in [1.82, 2.24) is 10.2 Å². The van der Waals surface area contributed by atoms with Crippen LogP contribution in [0.4, 0.5) is 4.39 Å². The Labute approximate surface area is 187 Å². The molecule has 0 saturated carbocycles. The number of carbonyl (C=O) groups is 1. The van der Waals surface area contributed by atoms with E-state index in [1.807, 2.05) is 13.0 Å². The first-order chi connectivity index (χ1) is 15.3. The third-order valence-corrected chi connectivity index (χ3v) is 6.26. The van der Waals surface area contributed by atoms with Gasteiger partial charge in [0.15, 0.2) is 0 Å². The summed E-state index contributed by atoms with van der Waals surface area (Å²) in [6, 6.07) is 11.4. The largest absolute Gasteiger partial charge is 0.423 e. The number of carbonyl (C=O) groups excluding carboxylic acids is 1. The molecule has 0 unspecified atom stereocenters. The number of benzene rings is 2. The van der Waals surface area contributed by atoms with E-state index in [2.05, 4.69) is 30.1 Å². The summed E-state index contributed by atoms with van der Waals surface area (Å²) >= 11 is 0. The zero-order valence-corrected chi connectivity index (χ0v) is 18.8. The molecule has 4 rings (SSSR count). The first kappa shape index (κ1) is 22.2. The molecular formula is C26H29FN2O3. The summed E-state index contributed by atoms with van der Waals surface area (Å²) in [5.41, 5.74) is 4.14. The highest BCUT2D eigenvalue weighted by Gasteiger charge is 2.22. The lowest BCUT2D eigenvalue weighted by Gasteiger charge is -2.32. The van der Waals surface area contributed by atoms with Crippen molar-refractivity contribution in [3.8, 4) is 0 Å². The minimum atomic E-state index is -0.354. The van der Waals surface area contributed by atoms with Crippen LogP contribution in [0, 0.1) is 12.7 Å². The standard InChI is InChI=1S/C26H29FN2O3/c1-16(2)22-14-23-19(13-25(30)32-24(23)12-17(22)3)15-29-10-8-21(9-11-29)28-26(31)18-4-6-20(27)7-5-18/h4-7,12-14,16,21H,8-11,15H2,1-3H3,(H,28,31). The Morgan fingerprint density at radius 2 is 1.84 bits per heavy atom. The van der Waals surface area contributed by atoms with E-state index in [4.69, 9.17) is 4.42 Å². The van der Waals surface area contributed by atoms with Gasteiger partial charge in [-0.15, -0.1) is 0 Å². The summed E-state index contributed by atoms with van der Waals surface area (Å²) in [7, 11) is 0. The molecule has 1 aromatic heterocycles. The van der Waals surface area contributed by atoms with Gasteiger partial charge in [0.1, 0.15) is 11.4 Å². The van der Waals surface area contributed by atoms with Crippen molar-refractivity contribution in [2.24, 2.45) is 0 Å². The number of aryl methyl sites for hydroxylation is 1. The second kappa shape index (κ2) is 9.25. The molecule has 1 aliphatic rings. The van der Waals surface area contributed by atoms with Gasteiger partial charge in [-0.05, 0) is 78.8 Å². The average molecular weight is 437 g/mol. The first-order valence-electron chi connectivity index (χ1n) is 11.2. The van der Waals surface area contributed by atoms with Gasteiger partial charge >= 0.3 is 5.63 Å². The number of halogens is 1. The zero-order chi connectivity index (χ0) is 22.8. The fourth-order valence-electron chi connectivity index (χ4n) is 4.49. The summed E-state index contributed by atoms with van der Waals surface area (Å²) in [6.07, 6.45) is 1.64. The van der Waals surface area contributed by atoms with Gasteiger partial charge in [0.25, 0.3) is 5.91 Å². The van der Waals surface area contributed by atoms with Crippen molar-refractivity contribution in [2.45, 2.75) is 52.1 Å². The number of hydrogen-bond acceptors (Lipinski definition) is 4. The van der Waals surface area contributed by atoms with E-state index in [0.717, 1.165) is 42.4 Å². The Kier molecular flexibility index (Phi) is 6.42. The molecule has 1 amide bonds. The van der Waals surface area contributed by atoms with Crippen molar-refractivity contribution < 1.29 is 13.6 Å². The van der Waals surface area contributed by atoms with Gasteiger partial charge in [-0.3, -0.25) is 9.69 Å². The highest BCUT2D eigenvalue weighted by atomic mass is 19.1. The van der Waals surface area contributed by atoms with Gasteiger partial charge in [-0.25, -0.2) is 9.18 Å². The lowest BCUT2D eigenvalue weighted by atomic mass is 9.94. The van der Waals surface area contributed by atoms with Crippen LogP contribution >= 0.6 is 0 Å². The number of nitrogens with one attached hydrogen (secondary N) is 1. The second-order valence-electron chi connectivity index (χ2n) is 8.98. The Morgan fingerprint density at radius 1 is 1.16 bits per heavy atom. The highest BCUT2D eigenvalue weighted by molar-refractivity contribution is 5.94. The second-order valence-corrected chi connectivity index (χ2v) is 8.98. The van der Waals surface area contributed by atoms with Crippen LogP contribution in [0.5, 0.6) is 0 Å². The van der Waals surface area contributed by atoms with Crippen LogP contribution in [-0.2, 0) is 6.54 Å². The molecule has 5 nitrogen and oxygen atoms in total. The maximum absolute atomic E-state index is 13.1. The molecule has 0 spiro atoms. The Balaban J connectivity index is 1.43. The predicted molar refractivity (Wildman–Crippen MR) is 123 cm³/mol. The lowest BCUT2D eigenvalue weighted by molar-refractivity contribution is 0.0909. The minimum Gasteiger partial charge on any atom is -0.423 e. The van der Waals surface area contributed by atoms with E-state index in [0.29, 0.717) is 23.6 Å². The van der Waals surface area contributed by atoms with Gasteiger partial charge < -0.3 is 9.73 Å². The molecule has 2 aromatic carbocycles. The number of fused-ring (bicyclic) bond motifs is 1. The Morgan fingerprint density at radius 3 is 2.50 bits per heavy atom. The summed E-state index contributed by atoms with van der Waals surface area (Å²) in [5.74, 6) is -0.139. The van der Waals surface area contributed by atoms with Crippen LogP contribution < -0.4 is 10.9 Å². The molecule has 0 aliphatic carbocycles. The van der Waals surface area contributed by atoms with Crippen LogP contribution in [0.25, 0.3) is 11.0 Å². The average Bonchev–Trinajstić information content (AvgIpc) is 2.74. The molecule has 0 bridgehead atoms. The highest BCUT2D eigenvalue weighted by Crippen LogP contribution is 2.28. The quantitative estimate of drug-likeness (QED) is 0.586. The smallest absolute Gasteiger partial charge is 0.336 e. The fourth-order valence-corrected chi connectivity index (χ4v) is 4.49. The van der Waals surface area contributed by atoms with Crippen LogP contribution in [0.3, 0.4) is 0 Å². The van der Waals surface area contributed by atoms with E-state index in [1.54, 1.807) is 6.07 Å². The normalized spacial score (nSPS) is 15.4. The van der Waals surface area contributed by atoms with Crippen LogP contribution in [0.15, 0.2) is 51.7 Å². The molecule has 168 valence electrons. The monoisotopic (exact) mass is 436 g/mol. The molecule has 1 N–H and O–H groups in total. The third-order valence-electron chi connectivity index (χ3n) is 6.26.